The Balaban J connectivity index is 1.33. The molecule has 1 aromatic carbocycles. The maximum atomic E-state index is 12.5. The Labute approximate surface area is 153 Å². The van der Waals surface area contributed by atoms with Crippen molar-refractivity contribution in [3.63, 3.8) is 0 Å². The van der Waals surface area contributed by atoms with Crippen molar-refractivity contribution in [2.24, 2.45) is 0 Å². The van der Waals surface area contributed by atoms with Gasteiger partial charge in [0.2, 0.25) is 18.6 Å². The van der Waals surface area contributed by atoms with Crippen LogP contribution < -0.4 is 14.2 Å². The largest absolute Gasteiger partial charge is 0.472 e. The highest BCUT2D eigenvalue weighted by Gasteiger charge is 2.28. The van der Waals surface area contributed by atoms with E-state index < -0.39 is 0 Å². The number of ether oxygens (including phenoxy) is 3. The zero-order chi connectivity index (χ0) is 17.2. The predicted octanol–water partition coefficient (Wildman–Crippen LogP) is 2.80. The maximum Gasteiger partial charge on any atom is 0.231 e. The van der Waals surface area contributed by atoms with Crippen molar-refractivity contribution in [3.8, 4) is 17.4 Å². The van der Waals surface area contributed by atoms with E-state index in [1.807, 2.05) is 35.2 Å². The molecule has 130 valence electrons. The van der Waals surface area contributed by atoms with Crippen LogP contribution in [0.4, 0.5) is 0 Å². The number of nitrogens with zero attached hydrogens (tertiary/aromatic N) is 2. The summed E-state index contributed by atoms with van der Waals surface area (Å²) in [4.78, 5) is 18.6. The molecule has 25 heavy (non-hydrogen) atoms. The van der Waals surface area contributed by atoms with Crippen molar-refractivity contribution in [2.45, 2.75) is 18.9 Å². The van der Waals surface area contributed by atoms with E-state index >= 15 is 0 Å². The molecule has 2 aliphatic heterocycles. The highest BCUT2D eigenvalue weighted by molar-refractivity contribution is 9.10. The van der Waals surface area contributed by atoms with Crippen LogP contribution in [-0.2, 0) is 11.2 Å². The van der Waals surface area contributed by atoms with E-state index in [9.17, 15) is 4.79 Å². The minimum atomic E-state index is -0.0191. The molecule has 7 heteroatoms. The lowest BCUT2D eigenvalue weighted by atomic mass is 10.1. The Bertz CT molecular complexity index is 781. The quantitative estimate of drug-likeness (QED) is 0.783. The normalized spacial score (nSPS) is 18.4. The number of benzene rings is 1. The van der Waals surface area contributed by atoms with Gasteiger partial charge in [-0.05, 0) is 39.7 Å². The molecule has 0 bridgehead atoms. The number of aromatic nitrogens is 1. The molecule has 0 spiro atoms. The first-order valence-electron chi connectivity index (χ1n) is 8.12. The van der Waals surface area contributed by atoms with Gasteiger partial charge in [-0.3, -0.25) is 4.79 Å². The summed E-state index contributed by atoms with van der Waals surface area (Å²) in [6.45, 7) is 1.52. The zero-order valence-electron chi connectivity index (χ0n) is 13.5. The van der Waals surface area contributed by atoms with Crippen LogP contribution in [0.2, 0.25) is 0 Å². The molecule has 1 saturated heterocycles. The minimum Gasteiger partial charge on any atom is -0.472 e. The molecule has 0 saturated carbocycles. The van der Waals surface area contributed by atoms with Gasteiger partial charge in [0.1, 0.15) is 6.10 Å². The van der Waals surface area contributed by atoms with E-state index in [1.165, 1.54) is 0 Å². The molecule has 0 radical (unpaired) electrons. The van der Waals surface area contributed by atoms with Gasteiger partial charge in [0.05, 0.1) is 13.0 Å². The first-order valence-corrected chi connectivity index (χ1v) is 8.91. The summed E-state index contributed by atoms with van der Waals surface area (Å²) in [5.41, 5.74) is 0.924. The van der Waals surface area contributed by atoms with Crippen LogP contribution >= 0.6 is 15.9 Å². The van der Waals surface area contributed by atoms with Gasteiger partial charge in [-0.2, -0.15) is 0 Å². The fourth-order valence-electron chi connectivity index (χ4n) is 2.99. The van der Waals surface area contributed by atoms with Gasteiger partial charge in [0.15, 0.2) is 11.5 Å². The zero-order valence-corrected chi connectivity index (χ0v) is 15.1. The Hall–Kier alpha value is -2.28. The van der Waals surface area contributed by atoms with Crippen molar-refractivity contribution < 1.29 is 19.0 Å². The van der Waals surface area contributed by atoms with Crippen molar-refractivity contribution in [2.75, 3.05) is 19.9 Å². The monoisotopic (exact) mass is 404 g/mol. The fraction of sp³-hybridized carbons (Fsp3) is 0.333. The van der Waals surface area contributed by atoms with Crippen LogP contribution in [0.3, 0.4) is 0 Å². The van der Waals surface area contributed by atoms with Gasteiger partial charge in [-0.25, -0.2) is 4.98 Å². The van der Waals surface area contributed by atoms with E-state index in [-0.39, 0.29) is 18.8 Å². The highest BCUT2D eigenvalue weighted by atomic mass is 79.9. The number of carbonyl (C=O) groups is 1. The van der Waals surface area contributed by atoms with Crippen LogP contribution in [0.25, 0.3) is 0 Å². The third kappa shape index (κ3) is 3.71. The molecule has 1 atom stereocenters. The number of carbonyl (C=O) groups excluding carboxylic acids is 1. The number of amides is 1. The summed E-state index contributed by atoms with van der Waals surface area (Å²) in [6, 6.07) is 9.33. The Morgan fingerprint density at radius 3 is 3.00 bits per heavy atom. The Morgan fingerprint density at radius 2 is 2.16 bits per heavy atom. The van der Waals surface area contributed by atoms with Gasteiger partial charge in [0.25, 0.3) is 0 Å². The lowest BCUT2D eigenvalue weighted by Crippen LogP contribution is -2.32. The lowest BCUT2D eigenvalue weighted by molar-refractivity contribution is -0.129. The summed E-state index contributed by atoms with van der Waals surface area (Å²) in [5, 5.41) is 0. The van der Waals surface area contributed by atoms with Gasteiger partial charge in [-0.15, -0.1) is 0 Å². The molecular formula is C18H17BrN2O4. The lowest BCUT2D eigenvalue weighted by Gasteiger charge is -2.17. The average molecular weight is 405 g/mol. The number of likely N-dealkylation sites (tertiary alicyclic amines) is 1. The van der Waals surface area contributed by atoms with E-state index in [2.05, 4.69) is 20.9 Å². The molecule has 1 amide bonds. The number of hydrogen-bond acceptors (Lipinski definition) is 5. The standard InChI is InChI=1S/C18H17BrN2O4/c19-13-2-4-17(20-9-13)25-14-5-6-21(10-14)18(22)8-12-1-3-15-16(7-12)24-11-23-15/h1-4,7,9,14H,5-6,8,10-11H2. The second-order valence-electron chi connectivity index (χ2n) is 6.05. The molecule has 2 aromatic rings. The van der Waals surface area contributed by atoms with Gasteiger partial charge >= 0.3 is 0 Å². The van der Waals surface area contributed by atoms with Crippen LogP contribution in [0.5, 0.6) is 17.4 Å². The number of fused-ring (bicyclic) bond motifs is 1. The van der Waals surface area contributed by atoms with Crippen molar-refractivity contribution in [1.29, 1.82) is 0 Å². The SMILES string of the molecule is O=C(Cc1ccc2c(c1)OCO2)N1CCC(Oc2ccc(Br)cn2)C1. The van der Waals surface area contributed by atoms with Crippen molar-refractivity contribution in [1.82, 2.24) is 9.88 Å². The second kappa shape index (κ2) is 6.92. The second-order valence-corrected chi connectivity index (χ2v) is 6.96. The van der Waals surface area contributed by atoms with Crippen LogP contribution in [0.1, 0.15) is 12.0 Å². The Morgan fingerprint density at radius 1 is 1.28 bits per heavy atom. The van der Waals surface area contributed by atoms with Gasteiger partial charge in [0, 0.05) is 29.7 Å². The molecule has 2 aliphatic rings. The van der Waals surface area contributed by atoms with E-state index in [0.29, 0.717) is 31.1 Å². The molecule has 1 aromatic heterocycles. The number of hydrogen-bond donors (Lipinski definition) is 0. The molecule has 3 heterocycles. The molecule has 6 nitrogen and oxygen atoms in total. The summed E-state index contributed by atoms with van der Waals surface area (Å²) in [5.74, 6) is 2.11. The number of halogens is 1. The predicted molar refractivity (Wildman–Crippen MR) is 93.8 cm³/mol. The molecule has 1 unspecified atom stereocenters. The van der Waals surface area contributed by atoms with Gasteiger partial charge < -0.3 is 19.1 Å². The maximum absolute atomic E-state index is 12.5. The van der Waals surface area contributed by atoms with Crippen molar-refractivity contribution in [3.05, 3.63) is 46.6 Å². The smallest absolute Gasteiger partial charge is 0.231 e. The Kier molecular flexibility index (Phi) is 4.48. The molecular weight excluding hydrogens is 388 g/mol. The van der Waals surface area contributed by atoms with E-state index in [1.54, 1.807) is 6.20 Å². The molecule has 0 N–H and O–H groups in total. The van der Waals surface area contributed by atoms with Crippen LogP contribution in [0.15, 0.2) is 41.0 Å². The average Bonchev–Trinajstić information content (AvgIpc) is 3.26. The fourth-order valence-corrected chi connectivity index (χ4v) is 3.23. The topological polar surface area (TPSA) is 60.9 Å². The summed E-state index contributed by atoms with van der Waals surface area (Å²) in [7, 11) is 0. The minimum absolute atomic E-state index is 0.0191. The summed E-state index contributed by atoms with van der Waals surface area (Å²) < 4.78 is 17.4. The van der Waals surface area contributed by atoms with Crippen LogP contribution in [-0.4, -0.2) is 41.8 Å². The third-order valence-electron chi connectivity index (χ3n) is 4.28. The molecule has 1 fully saturated rings. The van der Waals surface area contributed by atoms with E-state index in [4.69, 9.17) is 14.2 Å². The summed E-state index contributed by atoms with van der Waals surface area (Å²) >= 11 is 3.35. The number of pyridine rings is 1. The third-order valence-corrected chi connectivity index (χ3v) is 4.75. The van der Waals surface area contributed by atoms with E-state index in [0.717, 1.165) is 22.2 Å². The number of rotatable bonds is 4. The summed E-state index contributed by atoms with van der Waals surface area (Å²) in [6.07, 6.45) is 2.84. The first-order chi connectivity index (χ1) is 12.2. The van der Waals surface area contributed by atoms with Crippen molar-refractivity contribution >= 4 is 21.8 Å². The highest BCUT2D eigenvalue weighted by Crippen LogP contribution is 2.32. The van der Waals surface area contributed by atoms with Gasteiger partial charge in [-0.1, -0.05) is 6.07 Å². The molecule has 0 aliphatic carbocycles. The molecule has 4 rings (SSSR count). The van der Waals surface area contributed by atoms with Crippen LogP contribution in [0, 0.1) is 0 Å². The first kappa shape index (κ1) is 16.2.